The van der Waals surface area contributed by atoms with E-state index in [1.807, 2.05) is 61.5 Å². The maximum absolute atomic E-state index is 12.5. The van der Waals surface area contributed by atoms with E-state index in [0.717, 1.165) is 28.0 Å². The molecular weight excluding hydrogens is 312 g/mol. The van der Waals surface area contributed by atoms with Crippen LogP contribution in [0.1, 0.15) is 16.7 Å². The molecular formula is C21H18N2O2. The summed E-state index contributed by atoms with van der Waals surface area (Å²) in [5, 5.41) is 9.32. The minimum Gasteiger partial charge on any atom is -0.497 e. The minimum atomic E-state index is -0.291. The average molecular weight is 330 g/mol. The van der Waals surface area contributed by atoms with E-state index < -0.39 is 0 Å². The molecule has 0 spiro atoms. The second-order valence-corrected chi connectivity index (χ2v) is 5.90. The van der Waals surface area contributed by atoms with Crippen molar-refractivity contribution in [2.45, 2.75) is 13.5 Å². The van der Waals surface area contributed by atoms with Crippen LogP contribution in [0.25, 0.3) is 11.1 Å². The van der Waals surface area contributed by atoms with Crippen LogP contribution in [-0.2, 0) is 6.54 Å². The first-order chi connectivity index (χ1) is 12.1. The van der Waals surface area contributed by atoms with Gasteiger partial charge in [0.2, 0.25) is 0 Å². The first kappa shape index (κ1) is 16.5. The molecule has 4 nitrogen and oxygen atoms in total. The van der Waals surface area contributed by atoms with E-state index >= 15 is 0 Å². The maximum Gasteiger partial charge on any atom is 0.268 e. The van der Waals surface area contributed by atoms with Crippen LogP contribution in [0.4, 0.5) is 0 Å². The first-order valence-corrected chi connectivity index (χ1v) is 7.95. The van der Waals surface area contributed by atoms with Crippen molar-refractivity contribution in [3.63, 3.8) is 0 Å². The number of rotatable bonds is 4. The van der Waals surface area contributed by atoms with E-state index in [4.69, 9.17) is 4.74 Å². The van der Waals surface area contributed by atoms with Gasteiger partial charge in [-0.2, -0.15) is 5.26 Å². The van der Waals surface area contributed by atoms with Gasteiger partial charge in [0.25, 0.3) is 5.56 Å². The highest BCUT2D eigenvalue weighted by Crippen LogP contribution is 2.20. The van der Waals surface area contributed by atoms with Crippen LogP contribution in [0.5, 0.6) is 5.75 Å². The van der Waals surface area contributed by atoms with E-state index in [1.54, 1.807) is 23.9 Å². The summed E-state index contributed by atoms with van der Waals surface area (Å²) in [6, 6.07) is 19.2. The topological polar surface area (TPSA) is 55.0 Å². The lowest BCUT2D eigenvalue weighted by molar-refractivity contribution is 0.414. The SMILES string of the molecule is COc1cccc(Cn2cc(-c3ccc(C)cc3)cc(C#N)c2=O)c1. The van der Waals surface area contributed by atoms with Crippen molar-refractivity contribution in [3.8, 4) is 22.9 Å². The number of hydrogen-bond acceptors (Lipinski definition) is 3. The van der Waals surface area contributed by atoms with Crippen LogP contribution in [0.15, 0.2) is 65.6 Å². The van der Waals surface area contributed by atoms with Crippen LogP contribution < -0.4 is 10.3 Å². The molecule has 1 aromatic heterocycles. The molecule has 3 aromatic rings. The summed E-state index contributed by atoms with van der Waals surface area (Å²) in [5.41, 5.74) is 3.77. The number of nitrogens with zero attached hydrogens (tertiary/aromatic N) is 2. The van der Waals surface area contributed by atoms with Gasteiger partial charge in [0.1, 0.15) is 17.4 Å². The minimum absolute atomic E-state index is 0.140. The summed E-state index contributed by atoms with van der Waals surface area (Å²) in [6.45, 7) is 2.40. The van der Waals surface area contributed by atoms with Crippen molar-refractivity contribution >= 4 is 0 Å². The number of methoxy groups -OCH3 is 1. The summed E-state index contributed by atoms with van der Waals surface area (Å²) < 4.78 is 6.80. The molecule has 3 rings (SSSR count). The molecule has 0 amide bonds. The molecule has 0 saturated carbocycles. The van der Waals surface area contributed by atoms with Crippen LogP contribution in [0.2, 0.25) is 0 Å². The third-order valence-corrected chi connectivity index (χ3v) is 4.08. The van der Waals surface area contributed by atoms with Crippen molar-refractivity contribution < 1.29 is 4.74 Å². The zero-order valence-corrected chi connectivity index (χ0v) is 14.2. The molecule has 0 aliphatic carbocycles. The lowest BCUT2D eigenvalue weighted by atomic mass is 10.0. The highest BCUT2D eigenvalue weighted by atomic mass is 16.5. The zero-order valence-electron chi connectivity index (χ0n) is 14.2. The molecule has 0 fully saturated rings. The summed E-state index contributed by atoms with van der Waals surface area (Å²) in [5.74, 6) is 0.737. The van der Waals surface area contributed by atoms with Crippen molar-refractivity contribution in [1.82, 2.24) is 4.57 Å². The van der Waals surface area contributed by atoms with Gasteiger partial charge in [-0.1, -0.05) is 42.0 Å². The maximum atomic E-state index is 12.5. The molecule has 0 aliphatic rings. The van der Waals surface area contributed by atoms with Crippen molar-refractivity contribution in [3.05, 3.63) is 87.8 Å². The van der Waals surface area contributed by atoms with Crippen molar-refractivity contribution in [2.75, 3.05) is 7.11 Å². The number of ether oxygens (including phenoxy) is 1. The van der Waals surface area contributed by atoms with E-state index in [2.05, 4.69) is 0 Å². The van der Waals surface area contributed by atoms with E-state index in [0.29, 0.717) is 6.54 Å². The Labute approximate surface area is 146 Å². The molecule has 0 aliphatic heterocycles. The van der Waals surface area contributed by atoms with Gasteiger partial charge in [-0.15, -0.1) is 0 Å². The monoisotopic (exact) mass is 330 g/mol. The van der Waals surface area contributed by atoms with Gasteiger partial charge in [-0.3, -0.25) is 4.79 Å². The van der Waals surface area contributed by atoms with Crippen LogP contribution >= 0.6 is 0 Å². The quantitative estimate of drug-likeness (QED) is 0.732. The molecule has 0 atom stereocenters. The number of pyridine rings is 1. The predicted octanol–water partition coefficient (Wildman–Crippen LogP) is 3.75. The fourth-order valence-corrected chi connectivity index (χ4v) is 2.70. The van der Waals surface area contributed by atoms with Crippen LogP contribution in [-0.4, -0.2) is 11.7 Å². The Balaban J connectivity index is 2.06. The average Bonchev–Trinajstić information content (AvgIpc) is 2.64. The third kappa shape index (κ3) is 3.61. The molecule has 4 heteroatoms. The smallest absolute Gasteiger partial charge is 0.268 e. The molecule has 0 N–H and O–H groups in total. The Morgan fingerprint density at radius 3 is 2.52 bits per heavy atom. The van der Waals surface area contributed by atoms with E-state index in [1.165, 1.54) is 0 Å². The lowest BCUT2D eigenvalue weighted by Gasteiger charge is -2.11. The van der Waals surface area contributed by atoms with Gasteiger partial charge in [-0.25, -0.2) is 0 Å². The number of aryl methyl sites for hydroxylation is 1. The fourth-order valence-electron chi connectivity index (χ4n) is 2.70. The number of nitriles is 1. The molecule has 0 bridgehead atoms. The van der Waals surface area contributed by atoms with Crippen molar-refractivity contribution in [2.24, 2.45) is 0 Å². The number of hydrogen-bond donors (Lipinski definition) is 0. The molecule has 1 heterocycles. The molecule has 0 unspecified atom stereocenters. The molecule has 124 valence electrons. The van der Waals surface area contributed by atoms with Crippen LogP contribution in [0.3, 0.4) is 0 Å². The highest BCUT2D eigenvalue weighted by Gasteiger charge is 2.09. The Morgan fingerprint density at radius 1 is 1.08 bits per heavy atom. The Morgan fingerprint density at radius 2 is 1.84 bits per heavy atom. The molecule has 0 radical (unpaired) electrons. The van der Waals surface area contributed by atoms with Crippen LogP contribution in [0, 0.1) is 18.3 Å². The summed E-state index contributed by atoms with van der Waals surface area (Å²) in [4.78, 5) is 12.5. The van der Waals surface area contributed by atoms with E-state index in [9.17, 15) is 10.1 Å². The molecule has 0 saturated heterocycles. The first-order valence-electron chi connectivity index (χ1n) is 7.95. The second kappa shape index (κ2) is 7.06. The largest absolute Gasteiger partial charge is 0.497 e. The summed E-state index contributed by atoms with van der Waals surface area (Å²) in [7, 11) is 1.61. The highest BCUT2D eigenvalue weighted by molar-refractivity contribution is 5.64. The standard InChI is InChI=1S/C21H18N2O2/c1-15-6-8-17(9-7-15)19-11-18(12-22)21(24)23(14-19)13-16-4-3-5-20(10-16)25-2/h3-11,14H,13H2,1-2H3. The van der Waals surface area contributed by atoms with Crippen molar-refractivity contribution in [1.29, 1.82) is 5.26 Å². The zero-order chi connectivity index (χ0) is 17.8. The van der Waals surface area contributed by atoms with Gasteiger partial charge in [0, 0.05) is 6.20 Å². The lowest BCUT2D eigenvalue weighted by Crippen LogP contribution is -2.22. The fraction of sp³-hybridized carbons (Fsp3) is 0.143. The summed E-state index contributed by atoms with van der Waals surface area (Å²) >= 11 is 0. The second-order valence-electron chi connectivity index (χ2n) is 5.90. The van der Waals surface area contributed by atoms with Gasteiger partial charge < -0.3 is 9.30 Å². The number of aromatic nitrogens is 1. The number of benzene rings is 2. The van der Waals surface area contributed by atoms with Gasteiger partial charge in [0.15, 0.2) is 0 Å². The molecule has 25 heavy (non-hydrogen) atoms. The normalized spacial score (nSPS) is 10.3. The summed E-state index contributed by atoms with van der Waals surface area (Å²) in [6.07, 6.45) is 1.80. The predicted molar refractivity (Wildman–Crippen MR) is 97.7 cm³/mol. The van der Waals surface area contributed by atoms with E-state index in [-0.39, 0.29) is 11.1 Å². The Hall–Kier alpha value is -3.32. The third-order valence-electron chi connectivity index (χ3n) is 4.08. The van der Waals surface area contributed by atoms with Gasteiger partial charge in [-0.05, 0) is 41.8 Å². The Kier molecular flexibility index (Phi) is 4.67. The van der Waals surface area contributed by atoms with Gasteiger partial charge in [0.05, 0.1) is 13.7 Å². The van der Waals surface area contributed by atoms with Gasteiger partial charge >= 0.3 is 0 Å². The Bertz CT molecular complexity index is 996. The molecule has 2 aromatic carbocycles.